The number of alkyl carbamates (subject to hydrolysis) is 1. The van der Waals surface area contributed by atoms with Crippen LogP contribution in [0.4, 0.5) is 4.79 Å². The number of carbonyl (C=O) groups excluding carboxylic acids is 1. The Labute approximate surface area is 146 Å². The van der Waals surface area contributed by atoms with Crippen LogP contribution in [0.25, 0.3) is 0 Å². The summed E-state index contributed by atoms with van der Waals surface area (Å²) in [6.07, 6.45) is 6.43. The van der Waals surface area contributed by atoms with Gasteiger partial charge < -0.3 is 15.0 Å². The quantitative estimate of drug-likeness (QED) is 0.839. The van der Waals surface area contributed by atoms with Gasteiger partial charge in [-0.2, -0.15) is 0 Å². The molecule has 1 amide bonds. The van der Waals surface area contributed by atoms with Crippen molar-refractivity contribution in [1.82, 2.24) is 15.3 Å². The Balaban J connectivity index is 2.28. The highest BCUT2D eigenvalue weighted by atomic mass is 16.6. The second-order valence-corrected chi connectivity index (χ2v) is 6.54. The van der Waals surface area contributed by atoms with Gasteiger partial charge >= 0.3 is 6.09 Å². The third-order valence-corrected chi connectivity index (χ3v) is 3.28. The molecule has 0 spiro atoms. The van der Waals surface area contributed by atoms with Gasteiger partial charge in [0, 0.05) is 6.42 Å². The van der Waals surface area contributed by atoms with Gasteiger partial charge in [-0.15, -0.1) is 6.42 Å². The van der Waals surface area contributed by atoms with Crippen molar-refractivity contribution in [3.8, 4) is 12.3 Å². The maximum absolute atomic E-state index is 12.2. The molecule has 25 heavy (non-hydrogen) atoms. The summed E-state index contributed by atoms with van der Waals surface area (Å²) in [6, 6.07) is 9.00. The third-order valence-electron chi connectivity index (χ3n) is 3.28. The highest BCUT2D eigenvalue weighted by Gasteiger charge is 2.22. The van der Waals surface area contributed by atoms with E-state index in [1.54, 1.807) is 20.8 Å². The first kappa shape index (κ1) is 18.3. The second-order valence-electron chi connectivity index (χ2n) is 6.54. The number of H-pyrrole nitrogens is 1. The lowest BCUT2D eigenvalue weighted by Crippen LogP contribution is -2.37. The molecule has 1 atom stereocenters. The molecule has 1 heterocycles. The molecular formula is C19H21N3O3. The fourth-order valence-electron chi connectivity index (χ4n) is 2.20. The maximum Gasteiger partial charge on any atom is 0.408 e. The molecule has 2 aromatic rings. The lowest BCUT2D eigenvalue weighted by atomic mass is 10.1. The Bertz CT molecular complexity index is 829. The highest BCUT2D eigenvalue weighted by Crippen LogP contribution is 2.16. The number of aromatic nitrogens is 2. The Hall–Kier alpha value is -3.07. The summed E-state index contributed by atoms with van der Waals surface area (Å²) in [5.74, 6) is 2.58. The number of terminal acetylenes is 1. The first-order valence-corrected chi connectivity index (χ1v) is 7.88. The average Bonchev–Trinajstić information content (AvgIpc) is 2.53. The van der Waals surface area contributed by atoms with Crippen molar-refractivity contribution in [3.05, 3.63) is 63.8 Å². The second kappa shape index (κ2) is 7.67. The molecule has 1 aromatic heterocycles. The number of nitrogens with zero attached hydrogens (tertiary/aromatic N) is 1. The van der Waals surface area contributed by atoms with Crippen LogP contribution in [0.3, 0.4) is 0 Å². The van der Waals surface area contributed by atoms with Crippen molar-refractivity contribution in [2.24, 2.45) is 0 Å². The van der Waals surface area contributed by atoms with Crippen LogP contribution < -0.4 is 10.9 Å². The largest absolute Gasteiger partial charge is 0.444 e. The number of nitrogens with one attached hydrogen (secondary N) is 2. The molecule has 6 heteroatoms. The number of hydrogen-bond acceptors (Lipinski definition) is 4. The molecule has 2 N–H and O–H groups in total. The molecule has 0 saturated carbocycles. The van der Waals surface area contributed by atoms with E-state index < -0.39 is 23.3 Å². The topological polar surface area (TPSA) is 84.1 Å². The first-order chi connectivity index (χ1) is 11.8. The minimum atomic E-state index is -0.629. The van der Waals surface area contributed by atoms with Gasteiger partial charge in [-0.1, -0.05) is 36.3 Å². The minimum absolute atomic E-state index is 0.138. The van der Waals surface area contributed by atoms with Crippen LogP contribution >= 0.6 is 0 Å². The summed E-state index contributed by atoms with van der Waals surface area (Å²) in [7, 11) is 0. The van der Waals surface area contributed by atoms with E-state index in [9.17, 15) is 9.59 Å². The van der Waals surface area contributed by atoms with Crippen LogP contribution in [0.2, 0.25) is 0 Å². The number of ether oxygens (including phenoxy) is 1. The van der Waals surface area contributed by atoms with Gasteiger partial charge in [-0.05, 0) is 26.3 Å². The van der Waals surface area contributed by atoms with Gasteiger partial charge in [-0.25, -0.2) is 9.78 Å². The fourth-order valence-corrected chi connectivity index (χ4v) is 2.20. The highest BCUT2D eigenvalue weighted by molar-refractivity contribution is 5.68. The molecule has 0 fully saturated rings. The molecule has 0 aliphatic carbocycles. The van der Waals surface area contributed by atoms with Crippen LogP contribution in [0.5, 0.6) is 0 Å². The van der Waals surface area contributed by atoms with Gasteiger partial charge in [0.1, 0.15) is 17.0 Å². The van der Waals surface area contributed by atoms with E-state index in [1.807, 2.05) is 30.3 Å². The van der Waals surface area contributed by atoms with Crippen LogP contribution in [0.15, 0.2) is 41.3 Å². The van der Waals surface area contributed by atoms with Crippen LogP contribution in [-0.4, -0.2) is 21.7 Å². The van der Waals surface area contributed by atoms with Crippen molar-refractivity contribution < 1.29 is 9.53 Å². The summed E-state index contributed by atoms with van der Waals surface area (Å²) >= 11 is 0. The van der Waals surface area contributed by atoms with Crippen molar-refractivity contribution in [2.75, 3.05) is 0 Å². The van der Waals surface area contributed by atoms with E-state index in [2.05, 4.69) is 21.2 Å². The Morgan fingerprint density at radius 2 is 2.04 bits per heavy atom. The molecule has 130 valence electrons. The average molecular weight is 339 g/mol. The van der Waals surface area contributed by atoms with Gasteiger partial charge in [0.25, 0.3) is 5.56 Å². The van der Waals surface area contributed by atoms with E-state index in [0.717, 1.165) is 5.56 Å². The molecule has 1 aromatic carbocycles. The third kappa shape index (κ3) is 5.50. The number of rotatable bonds is 4. The summed E-state index contributed by atoms with van der Waals surface area (Å²) in [5.41, 5.74) is 0.0680. The zero-order chi connectivity index (χ0) is 18.4. The maximum atomic E-state index is 12.2. The number of hydrogen-bond donors (Lipinski definition) is 2. The monoisotopic (exact) mass is 339 g/mol. The summed E-state index contributed by atoms with van der Waals surface area (Å²) in [5, 5.41) is 2.76. The van der Waals surface area contributed by atoms with Gasteiger partial charge in [-0.3, -0.25) is 4.79 Å². The zero-order valence-corrected chi connectivity index (χ0v) is 14.5. The summed E-state index contributed by atoms with van der Waals surface area (Å²) < 4.78 is 5.30. The van der Waals surface area contributed by atoms with Crippen LogP contribution in [0, 0.1) is 12.3 Å². The molecule has 2 rings (SSSR count). The number of amides is 1. The number of carbonyl (C=O) groups is 1. The first-order valence-electron chi connectivity index (χ1n) is 7.88. The number of aromatic amines is 1. The van der Waals surface area contributed by atoms with Crippen LogP contribution in [0.1, 0.15) is 43.8 Å². The van der Waals surface area contributed by atoms with E-state index in [4.69, 9.17) is 11.2 Å². The molecule has 0 unspecified atom stereocenters. The Kier molecular flexibility index (Phi) is 5.60. The predicted octanol–water partition coefficient (Wildman–Crippen LogP) is 2.56. The van der Waals surface area contributed by atoms with E-state index in [1.165, 1.54) is 6.20 Å². The van der Waals surface area contributed by atoms with E-state index in [-0.39, 0.29) is 5.56 Å². The van der Waals surface area contributed by atoms with E-state index in [0.29, 0.717) is 12.2 Å². The molecular weight excluding hydrogens is 318 g/mol. The SMILES string of the molecule is C#Cc1cnc([C@H](Cc2ccccc2)NC(=O)OC(C)(C)C)[nH]c1=O. The Morgan fingerprint density at radius 1 is 1.36 bits per heavy atom. The molecule has 0 aliphatic heterocycles. The number of benzene rings is 1. The minimum Gasteiger partial charge on any atom is -0.444 e. The van der Waals surface area contributed by atoms with Gasteiger partial charge in [0.05, 0.1) is 12.2 Å². The molecule has 0 aliphatic rings. The van der Waals surface area contributed by atoms with Crippen molar-refractivity contribution >= 4 is 6.09 Å². The predicted molar refractivity (Wildman–Crippen MR) is 95.0 cm³/mol. The van der Waals surface area contributed by atoms with Gasteiger partial charge in [0.2, 0.25) is 0 Å². The van der Waals surface area contributed by atoms with Crippen LogP contribution in [-0.2, 0) is 11.2 Å². The summed E-state index contributed by atoms with van der Waals surface area (Å²) in [4.78, 5) is 30.9. The summed E-state index contributed by atoms with van der Waals surface area (Å²) in [6.45, 7) is 5.34. The van der Waals surface area contributed by atoms with E-state index >= 15 is 0 Å². The lowest BCUT2D eigenvalue weighted by Gasteiger charge is -2.23. The smallest absolute Gasteiger partial charge is 0.408 e. The standard InChI is InChI=1S/C19H21N3O3/c1-5-14-12-20-16(22-17(14)23)15(11-13-9-7-6-8-10-13)21-18(24)25-19(2,3)4/h1,6-10,12,15H,11H2,2-4H3,(H,21,24)(H,20,22,23)/t15-/m0/s1. The molecule has 6 nitrogen and oxygen atoms in total. The molecule has 0 saturated heterocycles. The van der Waals surface area contributed by atoms with Crippen molar-refractivity contribution in [1.29, 1.82) is 0 Å². The Morgan fingerprint density at radius 3 is 2.60 bits per heavy atom. The zero-order valence-electron chi connectivity index (χ0n) is 14.5. The van der Waals surface area contributed by atoms with Gasteiger partial charge in [0.15, 0.2) is 0 Å². The lowest BCUT2D eigenvalue weighted by molar-refractivity contribution is 0.0501. The molecule has 0 bridgehead atoms. The fraction of sp³-hybridized carbons (Fsp3) is 0.316. The molecule has 0 radical (unpaired) electrons. The normalized spacial score (nSPS) is 12.1. The van der Waals surface area contributed by atoms with Crippen molar-refractivity contribution in [2.45, 2.75) is 38.8 Å². The van der Waals surface area contributed by atoms with Crippen molar-refractivity contribution in [3.63, 3.8) is 0 Å².